The van der Waals surface area contributed by atoms with E-state index in [9.17, 15) is 4.79 Å². The van der Waals surface area contributed by atoms with Crippen molar-refractivity contribution < 1.29 is 9.53 Å². The number of hydrogen-bond acceptors (Lipinski definition) is 2. The minimum absolute atomic E-state index is 0.171. The molecule has 0 saturated heterocycles. The number of rotatable bonds is 1. The molecule has 1 spiro atoms. The van der Waals surface area contributed by atoms with E-state index in [2.05, 4.69) is 0 Å². The number of carbonyl (C=O) groups excluding carboxylic acids is 1. The Morgan fingerprint density at radius 2 is 2.00 bits per heavy atom. The maximum atomic E-state index is 11.5. The van der Waals surface area contributed by atoms with Gasteiger partial charge in [0.15, 0.2) is 0 Å². The van der Waals surface area contributed by atoms with E-state index in [-0.39, 0.29) is 11.6 Å². The zero-order valence-electron chi connectivity index (χ0n) is 9.93. The third kappa shape index (κ3) is 2.83. The molecule has 15 heavy (non-hydrogen) atoms. The van der Waals surface area contributed by atoms with Gasteiger partial charge in [0.2, 0.25) is 0 Å². The van der Waals surface area contributed by atoms with E-state index < -0.39 is 0 Å². The highest BCUT2D eigenvalue weighted by Gasteiger charge is 2.46. The molecule has 2 rings (SSSR count). The molecule has 0 amide bonds. The molecule has 2 aliphatic rings. The molecule has 0 atom stereocenters. The van der Waals surface area contributed by atoms with Crippen LogP contribution in [0, 0.1) is 5.41 Å². The number of hydrogen-bond donors (Lipinski definition) is 0. The van der Waals surface area contributed by atoms with Crippen LogP contribution in [-0.4, -0.2) is 11.6 Å². The second-order valence-electron chi connectivity index (χ2n) is 6.01. The topological polar surface area (TPSA) is 26.3 Å². The van der Waals surface area contributed by atoms with Crippen molar-refractivity contribution in [3.05, 3.63) is 11.6 Å². The van der Waals surface area contributed by atoms with Gasteiger partial charge in [0, 0.05) is 6.08 Å². The Kier molecular flexibility index (Phi) is 2.40. The number of ether oxygens (including phenoxy) is 1. The van der Waals surface area contributed by atoms with E-state index in [0.29, 0.717) is 5.41 Å². The summed E-state index contributed by atoms with van der Waals surface area (Å²) in [5.41, 5.74) is 1.53. The Morgan fingerprint density at radius 1 is 1.33 bits per heavy atom. The molecule has 0 aromatic heterocycles. The van der Waals surface area contributed by atoms with Crippen LogP contribution in [0.4, 0.5) is 0 Å². The third-order valence-corrected chi connectivity index (χ3v) is 3.26. The summed E-state index contributed by atoms with van der Waals surface area (Å²) in [6.45, 7) is 5.71. The van der Waals surface area contributed by atoms with E-state index in [0.717, 1.165) is 12.8 Å². The fraction of sp³-hybridized carbons (Fsp3) is 0.769. The van der Waals surface area contributed by atoms with Crippen molar-refractivity contribution in [3.8, 4) is 0 Å². The van der Waals surface area contributed by atoms with Gasteiger partial charge in [0.05, 0.1) is 0 Å². The van der Waals surface area contributed by atoms with Crippen molar-refractivity contribution in [1.29, 1.82) is 0 Å². The molecule has 0 bridgehead atoms. The Balaban J connectivity index is 1.90. The van der Waals surface area contributed by atoms with Crippen LogP contribution in [0.25, 0.3) is 0 Å². The molecule has 0 aromatic carbocycles. The number of allylic oxidation sites excluding steroid dienone is 1. The maximum absolute atomic E-state index is 11.5. The van der Waals surface area contributed by atoms with Gasteiger partial charge in [-0.3, -0.25) is 0 Å². The lowest BCUT2D eigenvalue weighted by Crippen LogP contribution is -2.22. The van der Waals surface area contributed by atoms with E-state index in [1.54, 1.807) is 6.08 Å². The molecule has 0 heterocycles. The first-order valence-corrected chi connectivity index (χ1v) is 5.81. The summed E-state index contributed by atoms with van der Waals surface area (Å²) in [5, 5.41) is 0. The van der Waals surface area contributed by atoms with Gasteiger partial charge in [-0.2, -0.15) is 0 Å². The third-order valence-electron chi connectivity index (χ3n) is 3.26. The van der Waals surface area contributed by atoms with Crippen molar-refractivity contribution in [2.45, 2.75) is 58.5 Å². The molecule has 0 radical (unpaired) electrons. The summed E-state index contributed by atoms with van der Waals surface area (Å²) >= 11 is 0. The summed E-state index contributed by atoms with van der Waals surface area (Å²) in [6, 6.07) is 0. The first kappa shape index (κ1) is 10.7. The lowest BCUT2D eigenvalue weighted by Gasteiger charge is -2.18. The van der Waals surface area contributed by atoms with Gasteiger partial charge >= 0.3 is 5.97 Å². The second kappa shape index (κ2) is 3.36. The minimum Gasteiger partial charge on any atom is -0.457 e. The molecule has 2 fully saturated rings. The van der Waals surface area contributed by atoms with Gasteiger partial charge in [0.1, 0.15) is 5.60 Å². The van der Waals surface area contributed by atoms with Crippen LogP contribution in [0.3, 0.4) is 0 Å². The predicted molar refractivity (Wildman–Crippen MR) is 59.4 cm³/mol. The molecular formula is C13H20O2. The zero-order chi connectivity index (χ0) is 11.1. The van der Waals surface area contributed by atoms with E-state index in [1.165, 1.54) is 24.8 Å². The van der Waals surface area contributed by atoms with Gasteiger partial charge < -0.3 is 4.74 Å². The zero-order valence-corrected chi connectivity index (χ0v) is 9.93. The molecule has 0 unspecified atom stereocenters. The van der Waals surface area contributed by atoms with E-state index in [1.807, 2.05) is 20.8 Å². The average molecular weight is 208 g/mol. The lowest BCUT2D eigenvalue weighted by atomic mass is 10.1. The predicted octanol–water partition coefficient (Wildman–Crippen LogP) is 3.22. The Labute approximate surface area is 91.7 Å². The first-order chi connectivity index (χ1) is 6.89. The van der Waals surface area contributed by atoms with Crippen LogP contribution in [0.2, 0.25) is 0 Å². The Hall–Kier alpha value is -0.790. The second-order valence-corrected chi connectivity index (χ2v) is 6.01. The van der Waals surface area contributed by atoms with Crippen LogP contribution < -0.4 is 0 Å². The van der Waals surface area contributed by atoms with Crippen molar-refractivity contribution >= 4 is 5.97 Å². The number of carbonyl (C=O) groups is 1. The molecular weight excluding hydrogens is 188 g/mol. The first-order valence-electron chi connectivity index (χ1n) is 5.81. The molecule has 2 heteroatoms. The molecule has 2 saturated carbocycles. The van der Waals surface area contributed by atoms with Crippen molar-refractivity contribution in [2.24, 2.45) is 5.41 Å². The van der Waals surface area contributed by atoms with E-state index in [4.69, 9.17) is 4.74 Å². The minimum atomic E-state index is -0.371. The maximum Gasteiger partial charge on any atom is 0.331 e. The highest BCUT2D eigenvalue weighted by molar-refractivity contribution is 5.83. The van der Waals surface area contributed by atoms with Gasteiger partial charge in [-0.25, -0.2) is 4.79 Å². The quantitative estimate of drug-likeness (QED) is 0.488. The molecule has 2 nitrogen and oxygen atoms in total. The van der Waals surface area contributed by atoms with Gasteiger partial charge in [-0.1, -0.05) is 5.57 Å². The summed E-state index contributed by atoms with van der Waals surface area (Å²) in [6.07, 6.45) is 7.95. The van der Waals surface area contributed by atoms with Crippen LogP contribution in [-0.2, 0) is 9.53 Å². The molecule has 84 valence electrons. The smallest absolute Gasteiger partial charge is 0.331 e. The standard InChI is InChI=1S/C13H20O2/c1-12(2,3)15-11(14)8-10-4-5-13(9-10)6-7-13/h8H,4-7,9H2,1-3H3/b10-8+. The van der Waals surface area contributed by atoms with Crippen LogP contribution in [0.5, 0.6) is 0 Å². The molecule has 0 aromatic rings. The SMILES string of the molecule is CC(C)(C)OC(=O)/C=C1\CCC2(CC2)C1. The van der Waals surface area contributed by atoms with Gasteiger partial charge in [0.25, 0.3) is 0 Å². The largest absolute Gasteiger partial charge is 0.457 e. The Morgan fingerprint density at radius 3 is 2.47 bits per heavy atom. The monoisotopic (exact) mass is 208 g/mol. The van der Waals surface area contributed by atoms with Crippen LogP contribution in [0.1, 0.15) is 52.9 Å². The van der Waals surface area contributed by atoms with Crippen LogP contribution >= 0.6 is 0 Å². The fourth-order valence-electron chi connectivity index (χ4n) is 2.31. The van der Waals surface area contributed by atoms with Crippen molar-refractivity contribution in [1.82, 2.24) is 0 Å². The normalized spacial score (nSPS) is 25.9. The molecule has 0 aliphatic heterocycles. The summed E-state index contributed by atoms with van der Waals surface area (Å²) in [5.74, 6) is -0.171. The number of esters is 1. The highest BCUT2D eigenvalue weighted by Crippen LogP contribution is 2.59. The van der Waals surface area contributed by atoms with Crippen molar-refractivity contribution in [3.63, 3.8) is 0 Å². The van der Waals surface area contributed by atoms with E-state index >= 15 is 0 Å². The van der Waals surface area contributed by atoms with Gasteiger partial charge in [-0.15, -0.1) is 0 Å². The molecule has 2 aliphatic carbocycles. The highest BCUT2D eigenvalue weighted by atomic mass is 16.6. The van der Waals surface area contributed by atoms with Crippen molar-refractivity contribution in [2.75, 3.05) is 0 Å². The Bertz CT molecular complexity index is 303. The molecule has 0 N–H and O–H groups in total. The summed E-state index contributed by atoms with van der Waals surface area (Å²) in [4.78, 5) is 11.5. The summed E-state index contributed by atoms with van der Waals surface area (Å²) < 4.78 is 5.27. The fourth-order valence-corrected chi connectivity index (χ4v) is 2.31. The lowest BCUT2D eigenvalue weighted by molar-refractivity contribution is -0.148. The summed E-state index contributed by atoms with van der Waals surface area (Å²) in [7, 11) is 0. The van der Waals surface area contributed by atoms with Gasteiger partial charge in [-0.05, 0) is 58.3 Å². The van der Waals surface area contributed by atoms with Crippen LogP contribution in [0.15, 0.2) is 11.6 Å². The average Bonchev–Trinajstić information content (AvgIpc) is 2.65.